The van der Waals surface area contributed by atoms with Gasteiger partial charge in [0.25, 0.3) is 11.7 Å². The number of rotatable bonds is 7. The quantitative estimate of drug-likeness (QED) is 0.283. The van der Waals surface area contributed by atoms with Crippen LogP contribution in [-0.4, -0.2) is 43.0 Å². The van der Waals surface area contributed by atoms with Crippen LogP contribution in [0.3, 0.4) is 0 Å². The summed E-state index contributed by atoms with van der Waals surface area (Å²) in [5.74, 6) is -0.737. The number of ketones is 1. The number of likely N-dealkylation sites (tertiary alicyclic amines) is 1. The summed E-state index contributed by atoms with van der Waals surface area (Å²) < 4.78 is 16.0. The summed E-state index contributed by atoms with van der Waals surface area (Å²) in [6.07, 6.45) is 0. The molecule has 1 heterocycles. The van der Waals surface area contributed by atoms with E-state index in [1.807, 2.05) is 42.5 Å². The summed E-state index contributed by atoms with van der Waals surface area (Å²) in [7, 11) is 4.42. The molecule has 1 unspecified atom stereocenters. The Balaban J connectivity index is 1.90. The molecule has 1 saturated heterocycles. The first-order chi connectivity index (χ1) is 16.9. The number of ether oxygens (including phenoxy) is 3. The highest BCUT2D eigenvalue weighted by molar-refractivity contribution is 6.46. The van der Waals surface area contributed by atoms with Gasteiger partial charge in [0.2, 0.25) is 0 Å². The number of carbonyl (C=O) groups is 2. The van der Waals surface area contributed by atoms with E-state index in [1.165, 1.54) is 31.3 Å². The average molecular weight is 494 g/mol. The minimum Gasteiger partial charge on any atom is -0.507 e. The van der Waals surface area contributed by atoms with Crippen LogP contribution >= 0.6 is 11.6 Å². The second-order valence-corrected chi connectivity index (χ2v) is 8.28. The largest absolute Gasteiger partial charge is 0.507 e. The van der Waals surface area contributed by atoms with E-state index in [0.717, 1.165) is 5.56 Å². The number of aliphatic hydroxyl groups is 1. The Morgan fingerprint density at radius 3 is 2.29 bits per heavy atom. The molecular formula is C27H24ClNO6. The van der Waals surface area contributed by atoms with Crippen molar-refractivity contribution in [2.24, 2.45) is 0 Å². The van der Waals surface area contributed by atoms with Crippen LogP contribution in [0.25, 0.3) is 5.76 Å². The zero-order chi connectivity index (χ0) is 25.1. The fraction of sp³-hybridized carbons (Fsp3) is 0.185. The molecule has 0 saturated carbocycles. The second-order valence-electron chi connectivity index (χ2n) is 7.88. The van der Waals surface area contributed by atoms with E-state index in [4.69, 9.17) is 25.8 Å². The van der Waals surface area contributed by atoms with Crippen LogP contribution in [0.15, 0.2) is 72.3 Å². The summed E-state index contributed by atoms with van der Waals surface area (Å²) >= 11 is 6.22. The van der Waals surface area contributed by atoms with Gasteiger partial charge >= 0.3 is 0 Å². The van der Waals surface area contributed by atoms with Crippen molar-refractivity contribution in [3.8, 4) is 17.2 Å². The summed E-state index contributed by atoms with van der Waals surface area (Å²) in [5.41, 5.74) is 1.59. The molecule has 0 aliphatic carbocycles. The number of aliphatic hydroxyl groups excluding tert-OH is 1. The molecule has 35 heavy (non-hydrogen) atoms. The maximum Gasteiger partial charge on any atom is 0.295 e. The standard InChI is InChI=1S/C27H24ClNO6/c1-33-18-11-7-8-16(12-18)15-29-24(17-9-5-4-6-10-17)23(26(31)27(29)32)25(30)19-13-22(35-3)20(28)14-21(19)34-2/h4-14,24,30H,15H2,1-3H3/b25-23+. The van der Waals surface area contributed by atoms with Crippen LogP contribution in [0.4, 0.5) is 0 Å². The Morgan fingerprint density at radius 2 is 1.63 bits per heavy atom. The van der Waals surface area contributed by atoms with Gasteiger partial charge in [-0.3, -0.25) is 9.59 Å². The third-order valence-electron chi connectivity index (χ3n) is 5.87. The van der Waals surface area contributed by atoms with Gasteiger partial charge in [-0.1, -0.05) is 54.1 Å². The molecule has 180 valence electrons. The van der Waals surface area contributed by atoms with Gasteiger partial charge in [-0.2, -0.15) is 0 Å². The Bertz CT molecular complexity index is 1300. The molecule has 1 N–H and O–H groups in total. The molecule has 8 heteroatoms. The van der Waals surface area contributed by atoms with Crippen molar-refractivity contribution in [2.75, 3.05) is 21.3 Å². The average Bonchev–Trinajstić information content (AvgIpc) is 3.13. The van der Waals surface area contributed by atoms with Crippen LogP contribution in [0, 0.1) is 0 Å². The lowest BCUT2D eigenvalue weighted by atomic mass is 9.94. The topological polar surface area (TPSA) is 85.3 Å². The third-order valence-corrected chi connectivity index (χ3v) is 6.17. The molecule has 1 amide bonds. The van der Waals surface area contributed by atoms with E-state index in [2.05, 4.69) is 0 Å². The number of hydrogen-bond acceptors (Lipinski definition) is 6. The first-order valence-corrected chi connectivity index (χ1v) is 11.2. The summed E-state index contributed by atoms with van der Waals surface area (Å²) in [6, 6.07) is 18.5. The molecule has 0 bridgehead atoms. The second kappa shape index (κ2) is 10.1. The molecule has 3 aromatic rings. The van der Waals surface area contributed by atoms with E-state index in [9.17, 15) is 14.7 Å². The first kappa shape index (κ1) is 24.2. The maximum absolute atomic E-state index is 13.3. The van der Waals surface area contributed by atoms with Gasteiger partial charge in [0.15, 0.2) is 0 Å². The predicted octanol–water partition coefficient (Wildman–Crippen LogP) is 4.99. The summed E-state index contributed by atoms with van der Waals surface area (Å²) in [6.45, 7) is 0.138. The summed E-state index contributed by atoms with van der Waals surface area (Å²) in [5, 5.41) is 11.7. The van der Waals surface area contributed by atoms with Crippen LogP contribution in [0.5, 0.6) is 17.2 Å². The van der Waals surface area contributed by atoms with Crippen molar-refractivity contribution in [3.05, 3.63) is 94.0 Å². The number of benzene rings is 3. The van der Waals surface area contributed by atoms with Crippen molar-refractivity contribution in [1.82, 2.24) is 4.90 Å². The van der Waals surface area contributed by atoms with Crippen molar-refractivity contribution >= 4 is 29.1 Å². The van der Waals surface area contributed by atoms with Crippen LogP contribution < -0.4 is 14.2 Å². The number of Topliss-reactive ketones (excluding diaryl/α,β-unsaturated/α-hetero) is 1. The minimum absolute atomic E-state index is 0.0493. The molecule has 1 fully saturated rings. The van der Waals surface area contributed by atoms with E-state index in [0.29, 0.717) is 11.3 Å². The fourth-order valence-corrected chi connectivity index (χ4v) is 4.41. The van der Waals surface area contributed by atoms with Crippen molar-refractivity contribution < 1.29 is 28.9 Å². The Morgan fingerprint density at radius 1 is 0.914 bits per heavy atom. The zero-order valence-electron chi connectivity index (χ0n) is 19.4. The Hall–Kier alpha value is -3.97. The molecule has 1 atom stereocenters. The molecule has 1 aliphatic rings. The predicted molar refractivity (Wildman–Crippen MR) is 132 cm³/mol. The third kappa shape index (κ3) is 4.55. The number of methoxy groups -OCH3 is 3. The molecule has 0 aromatic heterocycles. The molecule has 4 rings (SSSR count). The molecule has 7 nitrogen and oxygen atoms in total. The monoisotopic (exact) mass is 493 g/mol. The number of nitrogens with zero attached hydrogens (tertiary/aromatic N) is 1. The van der Waals surface area contributed by atoms with Gasteiger partial charge in [0.05, 0.1) is 43.5 Å². The summed E-state index contributed by atoms with van der Waals surface area (Å²) in [4.78, 5) is 28.0. The van der Waals surface area contributed by atoms with E-state index in [1.54, 1.807) is 19.2 Å². The van der Waals surface area contributed by atoms with Crippen molar-refractivity contribution in [2.45, 2.75) is 12.6 Å². The molecule has 1 aliphatic heterocycles. The lowest BCUT2D eigenvalue weighted by molar-refractivity contribution is -0.140. The van der Waals surface area contributed by atoms with E-state index >= 15 is 0 Å². The smallest absolute Gasteiger partial charge is 0.295 e. The van der Waals surface area contributed by atoms with E-state index < -0.39 is 17.7 Å². The highest BCUT2D eigenvalue weighted by Crippen LogP contribution is 2.43. The highest BCUT2D eigenvalue weighted by atomic mass is 35.5. The minimum atomic E-state index is -0.825. The first-order valence-electron chi connectivity index (χ1n) is 10.8. The zero-order valence-corrected chi connectivity index (χ0v) is 20.2. The van der Waals surface area contributed by atoms with E-state index in [-0.39, 0.29) is 40.0 Å². The maximum atomic E-state index is 13.3. The van der Waals surface area contributed by atoms with Crippen LogP contribution in [-0.2, 0) is 16.1 Å². The van der Waals surface area contributed by atoms with Gasteiger partial charge in [-0.15, -0.1) is 0 Å². The van der Waals surface area contributed by atoms with Gasteiger partial charge in [0.1, 0.15) is 23.0 Å². The number of hydrogen-bond donors (Lipinski definition) is 1. The van der Waals surface area contributed by atoms with Crippen molar-refractivity contribution in [1.29, 1.82) is 0 Å². The lowest BCUT2D eigenvalue weighted by Crippen LogP contribution is -2.29. The Labute approximate surface area is 208 Å². The number of carbonyl (C=O) groups excluding carboxylic acids is 2. The van der Waals surface area contributed by atoms with Gasteiger partial charge in [-0.05, 0) is 29.3 Å². The van der Waals surface area contributed by atoms with Gasteiger partial charge < -0.3 is 24.2 Å². The van der Waals surface area contributed by atoms with Crippen molar-refractivity contribution in [3.63, 3.8) is 0 Å². The highest BCUT2D eigenvalue weighted by Gasteiger charge is 2.46. The lowest BCUT2D eigenvalue weighted by Gasteiger charge is -2.25. The van der Waals surface area contributed by atoms with Gasteiger partial charge in [-0.25, -0.2) is 0 Å². The van der Waals surface area contributed by atoms with Gasteiger partial charge in [0, 0.05) is 12.6 Å². The number of amides is 1. The molecule has 3 aromatic carbocycles. The molecule has 0 radical (unpaired) electrons. The Kier molecular flexibility index (Phi) is 6.98. The molecular weight excluding hydrogens is 470 g/mol. The van der Waals surface area contributed by atoms with Crippen LogP contribution in [0.1, 0.15) is 22.7 Å². The molecule has 0 spiro atoms. The fourth-order valence-electron chi connectivity index (χ4n) is 4.18. The number of halogens is 1. The normalized spacial score (nSPS) is 16.9. The van der Waals surface area contributed by atoms with Crippen LogP contribution in [0.2, 0.25) is 5.02 Å². The SMILES string of the molecule is COc1cccc(CN2C(=O)C(=O)/C(=C(/O)c3cc(OC)c(Cl)cc3OC)C2c2ccccc2)c1.